The fraction of sp³-hybridized carbons (Fsp3) is 0.167. The number of nitrogens with zero attached hydrogens (tertiary/aromatic N) is 2. The molecule has 2 N–H and O–H groups in total. The predicted molar refractivity (Wildman–Crippen MR) is 103 cm³/mol. The van der Waals surface area contributed by atoms with Crippen LogP contribution >= 0.6 is 23.1 Å². The molecule has 128 valence electrons. The summed E-state index contributed by atoms with van der Waals surface area (Å²) in [6.07, 6.45) is 0. The summed E-state index contributed by atoms with van der Waals surface area (Å²) in [7, 11) is 0. The number of amides is 1. The molecule has 0 radical (unpaired) electrons. The second-order valence-electron chi connectivity index (χ2n) is 5.26. The van der Waals surface area contributed by atoms with Crippen LogP contribution in [0.3, 0.4) is 0 Å². The quantitative estimate of drug-likeness (QED) is 0.594. The number of benzene rings is 2. The van der Waals surface area contributed by atoms with Crippen molar-refractivity contribution in [1.82, 2.24) is 15.5 Å². The minimum absolute atomic E-state index is 0.0113. The summed E-state index contributed by atoms with van der Waals surface area (Å²) in [5.74, 6) is 0.322. The maximum atomic E-state index is 11.9. The number of hydrogen-bond donors (Lipinski definition) is 2. The van der Waals surface area contributed by atoms with Gasteiger partial charge >= 0.3 is 0 Å². The lowest BCUT2D eigenvalue weighted by molar-refractivity contribution is -0.118. The number of rotatable bonds is 8. The van der Waals surface area contributed by atoms with E-state index in [1.54, 1.807) is 0 Å². The Balaban J connectivity index is 1.40. The number of carbonyl (C=O) groups is 1. The monoisotopic (exact) mass is 370 g/mol. The minimum Gasteiger partial charge on any atom is -0.356 e. The molecule has 0 unspecified atom stereocenters. The van der Waals surface area contributed by atoms with Crippen LogP contribution in [0.15, 0.2) is 65.0 Å². The van der Waals surface area contributed by atoms with Gasteiger partial charge in [0, 0.05) is 13.1 Å². The normalized spacial score (nSPS) is 10.4. The Bertz CT molecular complexity index is 793. The maximum absolute atomic E-state index is 11.9. The Labute approximate surface area is 154 Å². The van der Waals surface area contributed by atoms with Crippen LogP contribution in [-0.4, -0.2) is 21.9 Å². The van der Waals surface area contributed by atoms with Crippen LogP contribution in [0, 0.1) is 0 Å². The average molecular weight is 371 g/mol. The fourth-order valence-corrected chi connectivity index (χ4v) is 3.67. The summed E-state index contributed by atoms with van der Waals surface area (Å²) in [5, 5.41) is 15.1. The van der Waals surface area contributed by atoms with E-state index < -0.39 is 0 Å². The van der Waals surface area contributed by atoms with E-state index in [2.05, 4.69) is 33.0 Å². The highest BCUT2D eigenvalue weighted by Crippen LogP contribution is 2.25. The van der Waals surface area contributed by atoms with Gasteiger partial charge in [-0.2, -0.15) is 0 Å². The van der Waals surface area contributed by atoms with E-state index >= 15 is 0 Å². The van der Waals surface area contributed by atoms with Crippen molar-refractivity contribution in [1.29, 1.82) is 0 Å². The zero-order valence-electron chi connectivity index (χ0n) is 13.5. The maximum Gasteiger partial charge on any atom is 0.230 e. The molecule has 7 heteroatoms. The summed E-state index contributed by atoms with van der Waals surface area (Å²) < 4.78 is 0.783. The Kier molecular flexibility index (Phi) is 6.42. The molecule has 0 saturated carbocycles. The number of anilines is 1. The van der Waals surface area contributed by atoms with Crippen LogP contribution < -0.4 is 10.6 Å². The van der Waals surface area contributed by atoms with Gasteiger partial charge in [0.05, 0.1) is 5.75 Å². The van der Waals surface area contributed by atoms with E-state index in [1.165, 1.54) is 28.7 Å². The van der Waals surface area contributed by atoms with Gasteiger partial charge in [0.2, 0.25) is 11.0 Å². The zero-order chi connectivity index (χ0) is 17.3. The molecule has 1 aromatic heterocycles. The standard InChI is InChI=1S/C18H18N4OS2/c23-16(19-11-14-7-3-1-4-8-14)13-24-18-22-21-17(25-18)20-12-15-9-5-2-6-10-15/h1-10H,11-13H2,(H,19,23)(H,20,21). The Morgan fingerprint density at radius 3 is 2.24 bits per heavy atom. The van der Waals surface area contributed by atoms with E-state index in [0.29, 0.717) is 18.8 Å². The Morgan fingerprint density at radius 1 is 0.920 bits per heavy atom. The van der Waals surface area contributed by atoms with Crippen molar-refractivity contribution < 1.29 is 4.79 Å². The summed E-state index contributed by atoms with van der Waals surface area (Å²) >= 11 is 2.86. The molecular formula is C18H18N4OS2. The first-order valence-corrected chi connectivity index (χ1v) is 9.64. The van der Waals surface area contributed by atoms with Gasteiger partial charge in [0.15, 0.2) is 4.34 Å². The molecule has 0 aliphatic heterocycles. The summed E-state index contributed by atoms with van der Waals surface area (Å²) in [4.78, 5) is 11.9. The second-order valence-corrected chi connectivity index (χ2v) is 7.46. The summed E-state index contributed by atoms with van der Waals surface area (Å²) in [5.41, 5.74) is 2.27. The number of thioether (sulfide) groups is 1. The summed E-state index contributed by atoms with van der Waals surface area (Å²) in [6, 6.07) is 20.0. The summed E-state index contributed by atoms with van der Waals surface area (Å²) in [6.45, 7) is 1.25. The highest BCUT2D eigenvalue weighted by atomic mass is 32.2. The van der Waals surface area contributed by atoms with Crippen LogP contribution in [0.2, 0.25) is 0 Å². The van der Waals surface area contributed by atoms with Crippen molar-refractivity contribution in [3.63, 3.8) is 0 Å². The van der Waals surface area contributed by atoms with Gasteiger partial charge in [-0.3, -0.25) is 4.79 Å². The van der Waals surface area contributed by atoms with Crippen molar-refractivity contribution in [3.05, 3.63) is 71.8 Å². The molecule has 0 saturated heterocycles. The van der Waals surface area contributed by atoms with Crippen molar-refractivity contribution in [2.75, 3.05) is 11.1 Å². The molecule has 0 spiro atoms. The lowest BCUT2D eigenvalue weighted by Crippen LogP contribution is -2.24. The van der Waals surface area contributed by atoms with Crippen LogP contribution in [0.25, 0.3) is 0 Å². The molecule has 1 heterocycles. The van der Waals surface area contributed by atoms with Crippen molar-refractivity contribution in [2.45, 2.75) is 17.4 Å². The van der Waals surface area contributed by atoms with Gasteiger partial charge in [-0.1, -0.05) is 83.8 Å². The molecule has 5 nitrogen and oxygen atoms in total. The van der Waals surface area contributed by atoms with Crippen LogP contribution in [0.4, 0.5) is 5.13 Å². The smallest absolute Gasteiger partial charge is 0.230 e. The third-order valence-electron chi connectivity index (χ3n) is 3.35. The first kappa shape index (κ1) is 17.4. The van der Waals surface area contributed by atoms with Gasteiger partial charge in [-0.15, -0.1) is 10.2 Å². The first-order valence-electron chi connectivity index (χ1n) is 7.84. The topological polar surface area (TPSA) is 66.9 Å². The third-order valence-corrected chi connectivity index (χ3v) is 5.37. The molecule has 2 aromatic carbocycles. The van der Waals surface area contributed by atoms with E-state index in [9.17, 15) is 4.79 Å². The van der Waals surface area contributed by atoms with Crippen LogP contribution in [0.1, 0.15) is 11.1 Å². The SMILES string of the molecule is O=C(CSc1nnc(NCc2ccccc2)s1)NCc1ccccc1. The molecule has 0 bridgehead atoms. The van der Waals surface area contributed by atoms with Crippen molar-refractivity contribution in [3.8, 4) is 0 Å². The van der Waals surface area contributed by atoms with E-state index in [4.69, 9.17) is 0 Å². The highest BCUT2D eigenvalue weighted by Gasteiger charge is 2.08. The zero-order valence-corrected chi connectivity index (χ0v) is 15.1. The van der Waals surface area contributed by atoms with Crippen LogP contribution in [-0.2, 0) is 17.9 Å². The van der Waals surface area contributed by atoms with E-state index in [1.807, 2.05) is 48.5 Å². The largest absolute Gasteiger partial charge is 0.356 e. The highest BCUT2D eigenvalue weighted by molar-refractivity contribution is 8.01. The lowest BCUT2D eigenvalue weighted by atomic mass is 10.2. The number of aromatic nitrogens is 2. The van der Waals surface area contributed by atoms with Crippen LogP contribution in [0.5, 0.6) is 0 Å². The third kappa shape index (κ3) is 5.88. The average Bonchev–Trinajstić information content (AvgIpc) is 3.13. The first-order chi connectivity index (χ1) is 12.3. The Morgan fingerprint density at radius 2 is 1.56 bits per heavy atom. The molecule has 0 aliphatic carbocycles. The van der Waals surface area contributed by atoms with Gasteiger partial charge in [-0.25, -0.2) is 0 Å². The van der Waals surface area contributed by atoms with E-state index in [0.717, 1.165) is 15.0 Å². The van der Waals surface area contributed by atoms with Gasteiger partial charge in [-0.05, 0) is 11.1 Å². The minimum atomic E-state index is -0.0113. The number of carbonyl (C=O) groups excluding carboxylic acids is 1. The lowest BCUT2D eigenvalue weighted by Gasteiger charge is -2.03. The van der Waals surface area contributed by atoms with E-state index in [-0.39, 0.29) is 5.91 Å². The second kappa shape index (κ2) is 9.19. The molecule has 3 aromatic rings. The molecule has 25 heavy (non-hydrogen) atoms. The molecular weight excluding hydrogens is 352 g/mol. The number of nitrogens with one attached hydrogen (secondary N) is 2. The number of hydrogen-bond acceptors (Lipinski definition) is 6. The van der Waals surface area contributed by atoms with Gasteiger partial charge in [0.1, 0.15) is 0 Å². The van der Waals surface area contributed by atoms with Gasteiger partial charge < -0.3 is 10.6 Å². The molecule has 0 fully saturated rings. The molecule has 1 amide bonds. The predicted octanol–water partition coefficient (Wildman–Crippen LogP) is 3.56. The van der Waals surface area contributed by atoms with Crippen molar-refractivity contribution >= 4 is 34.1 Å². The molecule has 0 atom stereocenters. The molecule has 3 rings (SSSR count). The fourth-order valence-electron chi connectivity index (χ4n) is 2.09. The van der Waals surface area contributed by atoms with Crippen molar-refractivity contribution in [2.24, 2.45) is 0 Å². The Hall–Kier alpha value is -2.38. The molecule has 0 aliphatic rings. The van der Waals surface area contributed by atoms with Gasteiger partial charge in [0.25, 0.3) is 0 Å².